The van der Waals surface area contributed by atoms with Crippen LogP contribution in [0.15, 0.2) is 91.3 Å². The van der Waals surface area contributed by atoms with Crippen LogP contribution >= 0.6 is 0 Å². The third-order valence-electron chi connectivity index (χ3n) is 6.44. The molecule has 2 aromatic heterocycles. The first-order valence-electron chi connectivity index (χ1n) is 13.0. The lowest BCUT2D eigenvalue weighted by atomic mass is 10.1. The van der Waals surface area contributed by atoms with Gasteiger partial charge in [0.25, 0.3) is 5.91 Å². The minimum atomic E-state index is -0.208. The summed E-state index contributed by atoms with van der Waals surface area (Å²) in [5.74, 6) is 3.50. The van der Waals surface area contributed by atoms with Gasteiger partial charge in [-0.25, -0.2) is 4.98 Å². The van der Waals surface area contributed by atoms with E-state index in [-0.39, 0.29) is 5.91 Å². The molecule has 1 amide bonds. The number of rotatable bonds is 11. The van der Waals surface area contributed by atoms with Crippen LogP contribution in [0.4, 0.5) is 11.5 Å². The second-order valence-corrected chi connectivity index (χ2v) is 9.04. The number of benzene rings is 3. The van der Waals surface area contributed by atoms with Crippen molar-refractivity contribution >= 4 is 28.3 Å². The van der Waals surface area contributed by atoms with Crippen LogP contribution < -0.4 is 29.6 Å². The largest absolute Gasteiger partial charge is 0.497 e. The van der Waals surface area contributed by atoms with Gasteiger partial charge in [0.05, 0.1) is 32.4 Å². The second-order valence-electron chi connectivity index (χ2n) is 9.04. The molecule has 0 saturated heterocycles. The summed E-state index contributed by atoms with van der Waals surface area (Å²) in [7, 11) is 4.81. The number of amides is 1. The molecule has 0 aliphatic heterocycles. The van der Waals surface area contributed by atoms with E-state index in [9.17, 15) is 4.79 Å². The highest BCUT2D eigenvalue weighted by Gasteiger charge is 2.14. The Kier molecular flexibility index (Phi) is 8.44. The fourth-order valence-electron chi connectivity index (χ4n) is 4.34. The van der Waals surface area contributed by atoms with Crippen LogP contribution in [0, 0.1) is 0 Å². The highest BCUT2D eigenvalue weighted by atomic mass is 16.5. The van der Waals surface area contributed by atoms with Crippen LogP contribution in [-0.2, 0) is 6.42 Å². The molecule has 0 aliphatic carbocycles. The van der Waals surface area contributed by atoms with Crippen molar-refractivity contribution in [3.63, 3.8) is 0 Å². The molecule has 208 valence electrons. The number of carbonyl (C=O) groups excluding carboxylic acids is 1. The van der Waals surface area contributed by atoms with Crippen molar-refractivity contribution in [2.45, 2.75) is 6.42 Å². The molecule has 0 unspecified atom stereocenters. The second kappa shape index (κ2) is 12.7. The van der Waals surface area contributed by atoms with Gasteiger partial charge in [-0.1, -0.05) is 12.1 Å². The van der Waals surface area contributed by atoms with Crippen molar-refractivity contribution < 1.29 is 23.7 Å². The van der Waals surface area contributed by atoms with Crippen LogP contribution in [0.5, 0.6) is 28.7 Å². The summed E-state index contributed by atoms with van der Waals surface area (Å²) in [6.07, 6.45) is 4.01. The van der Waals surface area contributed by atoms with Crippen LogP contribution in [0.2, 0.25) is 0 Å². The highest BCUT2D eigenvalue weighted by Crippen LogP contribution is 2.37. The quantitative estimate of drug-likeness (QED) is 0.201. The number of hydrogen-bond acceptors (Lipinski definition) is 8. The Bertz CT molecular complexity index is 1660. The number of methoxy groups -OCH3 is 3. The number of nitrogens with one attached hydrogen (secondary N) is 2. The van der Waals surface area contributed by atoms with E-state index in [1.807, 2.05) is 60.7 Å². The molecular formula is C32H30N4O5. The normalized spacial score (nSPS) is 10.6. The highest BCUT2D eigenvalue weighted by molar-refractivity contribution is 5.99. The number of fused-ring (bicyclic) bond motifs is 1. The number of nitrogens with zero attached hydrogens (tertiary/aromatic N) is 2. The summed E-state index contributed by atoms with van der Waals surface area (Å²) in [6.45, 7) is 0.481. The monoisotopic (exact) mass is 550 g/mol. The molecule has 0 saturated carbocycles. The van der Waals surface area contributed by atoms with E-state index in [0.717, 1.165) is 27.9 Å². The molecule has 3 aromatic carbocycles. The van der Waals surface area contributed by atoms with E-state index in [2.05, 4.69) is 20.6 Å². The third-order valence-corrected chi connectivity index (χ3v) is 6.44. The van der Waals surface area contributed by atoms with Crippen molar-refractivity contribution in [3.05, 3.63) is 102 Å². The Morgan fingerprint density at radius 1 is 0.756 bits per heavy atom. The van der Waals surface area contributed by atoms with Gasteiger partial charge in [0.15, 0.2) is 11.5 Å². The summed E-state index contributed by atoms with van der Waals surface area (Å²) in [6, 6.07) is 24.1. The van der Waals surface area contributed by atoms with Gasteiger partial charge in [0, 0.05) is 36.1 Å². The zero-order chi connectivity index (χ0) is 28.6. The number of carbonyl (C=O) groups is 1. The van der Waals surface area contributed by atoms with E-state index < -0.39 is 0 Å². The Balaban J connectivity index is 1.25. The molecule has 5 rings (SSSR count). The number of anilines is 2. The van der Waals surface area contributed by atoms with Crippen molar-refractivity contribution in [2.24, 2.45) is 0 Å². The van der Waals surface area contributed by atoms with Gasteiger partial charge < -0.3 is 29.6 Å². The minimum absolute atomic E-state index is 0.208. The molecular weight excluding hydrogens is 520 g/mol. The first-order valence-corrected chi connectivity index (χ1v) is 13.0. The maximum Gasteiger partial charge on any atom is 0.255 e. The SMILES string of the molecule is COc1cccc(CCNC(=O)c2cccnc2Nc2ccc(Oc3ccnc4cc(OC)c(OC)cc34)cc2)c1. The zero-order valence-corrected chi connectivity index (χ0v) is 23.0. The Labute approximate surface area is 238 Å². The first-order chi connectivity index (χ1) is 20.1. The maximum atomic E-state index is 13.0. The maximum absolute atomic E-state index is 13.0. The minimum Gasteiger partial charge on any atom is -0.497 e. The fraction of sp³-hybridized carbons (Fsp3) is 0.156. The van der Waals surface area contributed by atoms with E-state index in [4.69, 9.17) is 18.9 Å². The first kappa shape index (κ1) is 27.3. The van der Waals surface area contributed by atoms with Gasteiger partial charge >= 0.3 is 0 Å². The molecule has 2 heterocycles. The average molecular weight is 551 g/mol. The lowest BCUT2D eigenvalue weighted by molar-refractivity contribution is 0.0954. The number of ether oxygens (including phenoxy) is 4. The van der Waals surface area contributed by atoms with Crippen molar-refractivity contribution in [1.82, 2.24) is 15.3 Å². The standard InChI is InChI=1S/C32H30N4O5/c1-38-24-7-4-6-21(18-24)13-16-35-32(37)25-8-5-15-34-31(25)36-22-9-11-23(12-10-22)41-28-14-17-33-27-20-30(40-3)29(39-2)19-26(27)28/h4-12,14-15,17-20H,13,16H2,1-3H3,(H,34,36)(H,35,37). The molecule has 0 spiro atoms. The zero-order valence-electron chi connectivity index (χ0n) is 23.0. The number of aromatic nitrogens is 2. The van der Waals surface area contributed by atoms with Crippen LogP contribution in [0.1, 0.15) is 15.9 Å². The number of hydrogen-bond donors (Lipinski definition) is 2. The molecule has 2 N–H and O–H groups in total. The van der Waals surface area contributed by atoms with Crippen LogP contribution in [-0.4, -0.2) is 43.7 Å². The van der Waals surface area contributed by atoms with Gasteiger partial charge in [-0.2, -0.15) is 0 Å². The van der Waals surface area contributed by atoms with Crippen molar-refractivity contribution in [2.75, 3.05) is 33.2 Å². The molecule has 0 bridgehead atoms. The molecule has 5 aromatic rings. The van der Waals surface area contributed by atoms with Gasteiger partial charge in [-0.3, -0.25) is 9.78 Å². The smallest absolute Gasteiger partial charge is 0.255 e. The van der Waals surface area contributed by atoms with Gasteiger partial charge in [0.1, 0.15) is 23.1 Å². The number of pyridine rings is 2. The topological polar surface area (TPSA) is 104 Å². The van der Waals surface area contributed by atoms with Crippen LogP contribution in [0.25, 0.3) is 10.9 Å². The van der Waals surface area contributed by atoms with E-state index in [0.29, 0.717) is 47.3 Å². The molecule has 0 aliphatic rings. The summed E-state index contributed by atoms with van der Waals surface area (Å²) in [5.41, 5.74) is 3.01. The predicted octanol–water partition coefficient (Wildman–Crippen LogP) is 6.16. The van der Waals surface area contributed by atoms with Gasteiger partial charge in [-0.15, -0.1) is 0 Å². The van der Waals surface area contributed by atoms with Gasteiger partial charge in [0.2, 0.25) is 0 Å². The molecule has 9 heteroatoms. The fourth-order valence-corrected chi connectivity index (χ4v) is 4.34. The Morgan fingerprint density at radius 3 is 2.34 bits per heavy atom. The molecule has 0 fully saturated rings. The predicted molar refractivity (Wildman–Crippen MR) is 158 cm³/mol. The molecule has 0 radical (unpaired) electrons. The summed E-state index contributed by atoms with van der Waals surface area (Å²) in [5, 5.41) is 7.01. The van der Waals surface area contributed by atoms with Gasteiger partial charge in [-0.05, 0) is 72.6 Å². The summed E-state index contributed by atoms with van der Waals surface area (Å²) in [4.78, 5) is 21.8. The molecule has 0 atom stereocenters. The van der Waals surface area contributed by atoms with Crippen molar-refractivity contribution in [3.8, 4) is 28.7 Å². The molecule has 41 heavy (non-hydrogen) atoms. The molecule has 9 nitrogen and oxygen atoms in total. The van der Waals surface area contributed by atoms with E-state index in [1.165, 1.54) is 0 Å². The lowest BCUT2D eigenvalue weighted by Crippen LogP contribution is -2.26. The Hall–Kier alpha value is -5.31. The average Bonchev–Trinajstić information content (AvgIpc) is 3.01. The lowest BCUT2D eigenvalue weighted by Gasteiger charge is -2.13. The summed E-state index contributed by atoms with van der Waals surface area (Å²) < 4.78 is 22.3. The van der Waals surface area contributed by atoms with E-state index in [1.54, 1.807) is 51.9 Å². The summed E-state index contributed by atoms with van der Waals surface area (Å²) >= 11 is 0. The van der Waals surface area contributed by atoms with E-state index >= 15 is 0 Å². The Morgan fingerprint density at radius 2 is 1.56 bits per heavy atom. The van der Waals surface area contributed by atoms with Crippen molar-refractivity contribution in [1.29, 1.82) is 0 Å². The van der Waals surface area contributed by atoms with Crippen LogP contribution in [0.3, 0.4) is 0 Å². The third kappa shape index (κ3) is 6.47.